The molecule has 18 heavy (non-hydrogen) atoms. The van der Waals surface area contributed by atoms with Gasteiger partial charge in [-0.1, -0.05) is 12.1 Å². The van der Waals surface area contributed by atoms with E-state index in [1.807, 2.05) is 0 Å². The molecule has 0 aliphatic heterocycles. The molecule has 0 unspecified atom stereocenters. The monoisotopic (exact) mass is 464 g/mol. The molecule has 2 heteroatoms. The Labute approximate surface area is 137 Å². The number of hydrogen-bond donors (Lipinski definition) is 0. The largest absolute Gasteiger partial charge is 0.0608 e. The highest BCUT2D eigenvalue weighted by Crippen LogP contribution is 2.61. The van der Waals surface area contributed by atoms with E-state index in [0.29, 0.717) is 5.41 Å². The van der Waals surface area contributed by atoms with Crippen molar-refractivity contribution in [3.05, 3.63) is 30.9 Å². The van der Waals surface area contributed by atoms with Crippen molar-refractivity contribution in [2.45, 2.75) is 43.9 Å². The molecule has 0 atom stereocenters. The summed E-state index contributed by atoms with van der Waals surface area (Å²) in [6.45, 7) is 0. The average molecular weight is 464 g/mol. The number of halogens is 2. The first-order chi connectivity index (χ1) is 8.66. The molecule has 0 heterocycles. The molecule has 4 fully saturated rings. The maximum atomic E-state index is 2.59. The smallest absolute Gasteiger partial charge is 0.0301 e. The van der Waals surface area contributed by atoms with Crippen LogP contribution in [0, 0.1) is 24.9 Å². The summed E-state index contributed by atoms with van der Waals surface area (Å²) in [7, 11) is 0. The van der Waals surface area contributed by atoms with Crippen LogP contribution in [0.5, 0.6) is 0 Å². The van der Waals surface area contributed by atoms with Gasteiger partial charge in [0, 0.05) is 7.14 Å². The highest BCUT2D eigenvalue weighted by atomic mass is 127. The van der Waals surface area contributed by atoms with Gasteiger partial charge in [0.25, 0.3) is 0 Å². The van der Waals surface area contributed by atoms with Crippen LogP contribution in [0.15, 0.2) is 18.2 Å². The molecule has 5 rings (SSSR count). The van der Waals surface area contributed by atoms with Crippen LogP contribution in [0.25, 0.3) is 0 Å². The van der Waals surface area contributed by atoms with E-state index in [1.54, 1.807) is 24.8 Å². The molecule has 0 spiro atoms. The van der Waals surface area contributed by atoms with E-state index in [0.717, 1.165) is 17.8 Å². The lowest BCUT2D eigenvalue weighted by Gasteiger charge is -2.57. The van der Waals surface area contributed by atoms with Gasteiger partial charge in [0.2, 0.25) is 0 Å². The zero-order valence-electron chi connectivity index (χ0n) is 10.5. The van der Waals surface area contributed by atoms with Crippen molar-refractivity contribution in [2.24, 2.45) is 17.8 Å². The summed E-state index contributed by atoms with van der Waals surface area (Å²) in [4.78, 5) is 0. The zero-order chi connectivity index (χ0) is 12.3. The van der Waals surface area contributed by atoms with Gasteiger partial charge in [0.15, 0.2) is 0 Å². The van der Waals surface area contributed by atoms with Crippen molar-refractivity contribution in [1.82, 2.24) is 0 Å². The highest BCUT2D eigenvalue weighted by Gasteiger charge is 2.52. The first-order valence-corrected chi connectivity index (χ1v) is 9.26. The predicted molar refractivity (Wildman–Crippen MR) is 91.7 cm³/mol. The topological polar surface area (TPSA) is 0 Å². The van der Waals surface area contributed by atoms with Gasteiger partial charge < -0.3 is 0 Å². The maximum Gasteiger partial charge on any atom is 0.0301 e. The molecule has 0 radical (unpaired) electrons. The van der Waals surface area contributed by atoms with Gasteiger partial charge >= 0.3 is 0 Å². The molecule has 1 aromatic rings. The van der Waals surface area contributed by atoms with Crippen LogP contribution in [-0.4, -0.2) is 0 Å². The van der Waals surface area contributed by atoms with Crippen molar-refractivity contribution in [1.29, 1.82) is 0 Å². The van der Waals surface area contributed by atoms with E-state index in [2.05, 4.69) is 63.4 Å². The second-order valence-corrected chi connectivity index (χ2v) is 9.04. The first-order valence-electron chi connectivity index (χ1n) is 7.11. The molecule has 0 saturated heterocycles. The lowest BCUT2D eigenvalue weighted by Crippen LogP contribution is -2.48. The van der Waals surface area contributed by atoms with E-state index in [9.17, 15) is 0 Å². The van der Waals surface area contributed by atoms with Crippen LogP contribution < -0.4 is 0 Å². The van der Waals surface area contributed by atoms with Gasteiger partial charge in [-0.2, -0.15) is 0 Å². The van der Waals surface area contributed by atoms with Crippen molar-refractivity contribution in [2.75, 3.05) is 0 Å². The van der Waals surface area contributed by atoms with Gasteiger partial charge in [-0.3, -0.25) is 0 Å². The highest BCUT2D eigenvalue weighted by molar-refractivity contribution is 14.1. The molecule has 0 amide bonds. The fourth-order valence-corrected chi connectivity index (χ4v) is 6.78. The molecule has 4 aliphatic carbocycles. The van der Waals surface area contributed by atoms with E-state index < -0.39 is 0 Å². The molecule has 0 nitrogen and oxygen atoms in total. The Bertz CT molecular complexity index is 457. The molecule has 1 aromatic carbocycles. The lowest BCUT2D eigenvalue weighted by atomic mass is 9.48. The average Bonchev–Trinajstić information content (AvgIpc) is 2.30. The van der Waals surface area contributed by atoms with Gasteiger partial charge in [0.1, 0.15) is 0 Å². The molecule has 4 bridgehead atoms. The predicted octanol–water partition coefficient (Wildman–Crippen LogP) is 5.36. The minimum absolute atomic E-state index is 0.562. The Morgan fingerprint density at radius 1 is 0.889 bits per heavy atom. The summed E-state index contributed by atoms with van der Waals surface area (Å²) in [5.74, 6) is 3.14. The van der Waals surface area contributed by atoms with Crippen molar-refractivity contribution in [3.8, 4) is 0 Å². The Morgan fingerprint density at radius 3 is 2.00 bits per heavy atom. The summed E-state index contributed by atoms with van der Waals surface area (Å²) in [5.41, 5.74) is 2.25. The van der Waals surface area contributed by atoms with Crippen LogP contribution in [-0.2, 0) is 5.41 Å². The van der Waals surface area contributed by atoms with Crippen LogP contribution >= 0.6 is 45.2 Å². The summed E-state index contributed by atoms with van der Waals surface area (Å²) in [6, 6.07) is 6.96. The molecule has 96 valence electrons. The lowest BCUT2D eigenvalue weighted by molar-refractivity contribution is -0.00559. The minimum atomic E-state index is 0.562. The van der Waals surface area contributed by atoms with E-state index in [1.165, 1.54) is 26.4 Å². The third-order valence-electron chi connectivity index (χ3n) is 5.56. The van der Waals surface area contributed by atoms with Gasteiger partial charge in [-0.15, -0.1) is 0 Å². The summed E-state index contributed by atoms with van der Waals surface area (Å²) in [5, 5.41) is 0. The van der Waals surface area contributed by atoms with Crippen LogP contribution in [0.3, 0.4) is 0 Å². The van der Waals surface area contributed by atoms with E-state index in [-0.39, 0.29) is 0 Å². The van der Waals surface area contributed by atoms with Gasteiger partial charge in [-0.05, 0) is 119 Å². The first kappa shape index (κ1) is 12.4. The van der Waals surface area contributed by atoms with Gasteiger partial charge in [-0.25, -0.2) is 0 Å². The molecule has 0 aromatic heterocycles. The summed E-state index contributed by atoms with van der Waals surface area (Å²) < 4.78 is 2.99. The molecule has 4 aliphatic rings. The molecular weight excluding hydrogens is 446 g/mol. The molecule has 4 saturated carbocycles. The quantitative estimate of drug-likeness (QED) is 0.491. The number of hydrogen-bond acceptors (Lipinski definition) is 0. The second kappa shape index (κ2) is 4.34. The Hall–Kier alpha value is 0.680. The van der Waals surface area contributed by atoms with Crippen LogP contribution in [0.2, 0.25) is 0 Å². The minimum Gasteiger partial charge on any atom is -0.0608 e. The Kier molecular flexibility index (Phi) is 2.99. The van der Waals surface area contributed by atoms with E-state index >= 15 is 0 Å². The van der Waals surface area contributed by atoms with E-state index in [4.69, 9.17) is 0 Å². The van der Waals surface area contributed by atoms with Gasteiger partial charge in [0.05, 0.1) is 0 Å². The SMILES string of the molecule is Ic1cccc(C23CC4CC(CC(C4)C2)C3)c1I. The number of benzene rings is 1. The van der Waals surface area contributed by atoms with Crippen LogP contribution in [0.4, 0.5) is 0 Å². The summed E-state index contributed by atoms with van der Waals surface area (Å²) >= 11 is 5.09. The third kappa shape index (κ3) is 1.80. The second-order valence-electron chi connectivity index (χ2n) is 6.80. The zero-order valence-corrected chi connectivity index (χ0v) is 14.8. The normalized spacial score (nSPS) is 41.3. The fraction of sp³-hybridized carbons (Fsp3) is 0.625. The Balaban J connectivity index is 1.81. The molecule has 0 N–H and O–H groups in total. The third-order valence-corrected chi connectivity index (χ3v) is 8.65. The van der Waals surface area contributed by atoms with Crippen molar-refractivity contribution < 1.29 is 0 Å². The number of rotatable bonds is 1. The Morgan fingerprint density at radius 2 is 1.44 bits per heavy atom. The van der Waals surface area contributed by atoms with Crippen LogP contribution in [0.1, 0.15) is 44.1 Å². The fourth-order valence-electron chi connectivity index (χ4n) is 5.35. The molecular formula is C16H18I2. The standard InChI is InChI=1S/C16H18I2/c17-14-3-1-2-13(15(14)18)16-7-10-4-11(8-16)6-12(5-10)9-16/h1-3,10-12H,4-9H2. The van der Waals surface area contributed by atoms with Crippen molar-refractivity contribution >= 4 is 45.2 Å². The van der Waals surface area contributed by atoms with Crippen molar-refractivity contribution in [3.63, 3.8) is 0 Å². The maximum absolute atomic E-state index is 2.59. The summed E-state index contributed by atoms with van der Waals surface area (Å²) in [6.07, 6.45) is 9.07.